The van der Waals surface area contributed by atoms with Gasteiger partial charge in [0.2, 0.25) is 5.89 Å². The maximum absolute atomic E-state index is 13.1. The first-order chi connectivity index (χ1) is 14.2. The summed E-state index contributed by atoms with van der Waals surface area (Å²) in [6, 6.07) is 11.1. The second kappa shape index (κ2) is 7.81. The number of aromatic nitrogens is 2. The molecule has 2 heterocycles. The lowest BCUT2D eigenvalue weighted by Crippen LogP contribution is -2.47. The van der Waals surface area contributed by atoms with Gasteiger partial charge in [-0.1, -0.05) is 35.5 Å². The smallest absolute Gasteiger partial charge is 0.320 e. The van der Waals surface area contributed by atoms with Crippen molar-refractivity contribution in [2.75, 3.05) is 20.1 Å². The van der Waals surface area contributed by atoms with E-state index < -0.39 is 0 Å². The lowest BCUT2D eigenvalue weighted by molar-refractivity contribution is 0.131. The number of likely N-dealkylation sites (tertiary alicyclic amines) is 1. The summed E-state index contributed by atoms with van der Waals surface area (Å²) >= 11 is 0. The van der Waals surface area contributed by atoms with Gasteiger partial charge < -0.3 is 14.3 Å². The summed E-state index contributed by atoms with van der Waals surface area (Å²) in [6.45, 7) is 1.71. The molecule has 1 saturated heterocycles. The van der Waals surface area contributed by atoms with Gasteiger partial charge in [0.15, 0.2) is 5.82 Å². The van der Waals surface area contributed by atoms with Crippen molar-refractivity contribution in [1.82, 2.24) is 19.9 Å². The standard InChI is InChI=1S/C23H30N4O2/c1-26(20-14-19(20)17-7-3-2-4-8-17)23(28)27-13-5-6-16(15-27)9-12-21-24-22(25-29-21)18-10-11-18/h2-4,7-8,16,18-20H,5-6,9-15H2,1H3. The molecule has 0 N–H and O–H groups in total. The van der Waals surface area contributed by atoms with Crippen molar-refractivity contribution in [3.8, 4) is 0 Å². The Labute approximate surface area is 172 Å². The molecule has 2 saturated carbocycles. The van der Waals surface area contributed by atoms with Crippen LogP contribution in [0, 0.1) is 5.92 Å². The van der Waals surface area contributed by atoms with Crippen LogP contribution >= 0.6 is 0 Å². The Morgan fingerprint density at radius 1 is 1.24 bits per heavy atom. The molecule has 6 heteroatoms. The van der Waals surface area contributed by atoms with Crippen LogP contribution in [-0.4, -0.2) is 52.2 Å². The fraction of sp³-hybridized carbons (Fsp3) is 0.609. The monoisotopic (exact) mass is 394 g/mol. The Morgan fingerprint density at radius 3 is 2.86 bits per heavy atom. The van der Waals surface area contributed by atoms with E-state index in [1.165, 1.54) is 24.8 Å². The van der Waals surface area contributed by atoms with Gasteiger partial charge in [-0.05, 0) is 50.0 Å². The van der Waals surface area contributed by atoms with E-state index in [-0.39, 0.29) is 6.03 Å². The Balaban J connectivity index is 1.12. The number of carbonyl (C=O) groups is 1. The lowest BCUT2D eigenvalue weighted by atomic mass is 9.93. The number of carbonyl (C=O) groups excluding carboxylic acids is 1. The molecule has 2 aliphatic carbocycles. The number of nitrogens with zero attached hydrogens (tertiary/aromatic N) is 4. The van der Waals surface area contributed by atoms with Crippen molar-refractivity contribution in [2.24, 2.45) is 5.92 Å². The average molecular weight is 395 g/mol. The molecule has 29 heavy (non-hydrogen) atoms. The highest BCUT2D eigenvalue weighted by atomic mass is 16.5. The number of piperidine rings is 1. The topological polar surface area (TPSA) is 62.5 Å². The van der Waals surface area contributed by atoms with Gasteiger partial charge >= 0.3 is 6.03 Å². The zero-order valence-corrected chi connectivity index (χ0v) is 17.2. The van der Waals surface area contributed by atoms with Crippen LogP contribution in [0.4, 0.5) is 4.79 Å². The first-order valence-electron chi connectivity index (χ1n) is 11.1. The number of urea groups is 1. The molecular formula is C23H30N4O2. The van der Waals surface area contributed by atoms with Crippen LogP contribution in [0.1, 0.15) is 67.6 Å². The van der Waals surface area contributed by atoms with Crippen molar-refractivity contribution in [3.63, 3.8) is 0 Å². The number of benzene rings is 1. The van der Waals surface area contributed by atoms with Gasteiger partial charge in [-0.3, -0.25) is 0 Å². The summed E-state index contributed by atoms with van der Waals surface area (Å²) in [6.07, 6.45) is 7.54. The van der Waals surface area contributed by atoms with Crippen molar-refractivity contribution in [2.45, 2.75) is 62.8 Å². The van der Waals surface area contributed by atoms with Gasteiger partial charge in [0, 0.05) is 44.4 Å². The summed E-state index contributed by atoms with van der Waals surface area (Å²) in [5, 5.41) is 4.11. The molecule has 2 aromatic rings. The molecule has 1 aliphatic heterocycles. The van der Waals surface area contributed by atoms with Crippen molar-refractivity contribution in [3.05, 3.63) is 47.6 Å². The van der Waals surface area contributed by atoms with Gasteiger partial charge in [-0.25, -0.2) is 4.79 Å². The largest absolute Gasteiger partial charge is 0.339 e. The molecule has 6 nitrogen and oxygen atoms in total. The quantitative estimate of drug-likeness (QED) is 0.737. The summed E-state index contributed by atoms with van der Waals surface area (Å²) < 4.78 is 5.41. The van der Waals surface area contributed by atoms with Gasteiger partial charge in [-0.2, -0.15) is 4.98 Å². The highest BCUT2D eigenvalue weighted by molar-refractivity contribution is 5.75. The first-order valence-corrected chi connectivity index (χ1v) is 11.1. The number of likely N-dealkylation sites (N-methyl/N-ethyl adjacent to an activating group) is 1. The lowest BCUT2D eigenvalue weighted by Gasteiger charge is -2.35. The summed E-state index contributed by atoms with van der Waals surface area (Å²) in [7, 11) is 1.97. The number of amides is 2. The van der Waals surface area contributed by atoms with Crippen LogP contribution in [0.2, 0.25) is 0 Å². The SMILES string of the molecule is CN(C(=O)N1CCCC(CCc2nc(C3CC3)no2)C1)C1CC1c1ccccc1. The van der Waals surface area contributed by atoms with Crippen LogP contribution in [0.3, 0.4) is 0 Å². The third-order valence-electron chi connectivity index (χ3n) is 6.77. The Morgan fingerprint density at radius 2 is 2.07 bits per heavy atom. The zero-order chi connectivity index (χ0) is 19.8. The van der Waals surface area contributed by atoms with Gasteiger partial charge in [0.25, 0.3) is 0 Å². The van der Waals surface area contributed by atoms with E-state index in [0.29, 0.717) is 23.8 Å². The van der Waals surface area contributed by atoms with Crippen molar-refractivity contribution < 1.29 is 9.32 Å². The molecule has 0 radical (unpaired) electrons. The minimum absolute atomic E-state index is 0.187. The highest BCUT2D eigenvalue weighted by Crippen LogP contribution is 2.44. The molecular weight excluding hydrogens is 364 g/mol. The molecule has 0 spiro atoms. The summed E-state index contributed by atoms with van der Waals surface area (Å²) in [4.78, 5) is 21.6. The molecule has 1 aromatic carbocycles. The normalized spacial score (nSPS) is 26.4. The van der Waals surface area contributed by atoms with E-state index in [9.17, 15) is 4.79 Å². The Kier molecular flexibility index (Phi) is 5.02. The zero-order valence-electron chi connectivity index (χ0n) is 17.2. The van der Waals surface area contributed by atoms with Crippen LogP contribution < -0.4 is 0 Å². The molecule has 0 bridgehead atoms. The molecule has 3 unspecified atom stereocenters. The van der Waals surface area contributed by atoms with Crippen molar-refractivity contribution >= 4 is 6.03 Å². The van der Waals surface area contributed by atoms with Crippen LogP contribution in [0.25, 0.3) is 0 Å². The number of hydrogen-bond donors (Lipinski definition) is 0. The molecule has 2 amide bonds. The molecule has 5 rings (SSSR count). The maximum atomic E-state index is 13.1. The van der Waals surface area contributed by atoms with E-state index >= 15 is 0 Å². The Hall–Kier alpha value is -2.37. The third kappa shape index (κ3) is 4.16. The second-order valence-electron chi connectivity index (χ2n) is 9.03. The van der Waals surface area contributed by atoms with E-state index in [4.69, 9.17) is 4.52 Å². The Bertz CT molecular complexity index is 848. The predicted molar refractivity (Wildman–Crippen MR) is 110 cm³/mol. The van der Waals surface area contributed by atoms with Crippen LogP contribution in [0.15, 0.2) is 34.9 Å². The van der Waals surface area contributed by atoms with E-state index in [1.54, 1.807) is 0 Å². The first kappa shape index (κ1) is 18.6. The van der Waals surface area contributed by atoms with Gasteiger partial charge in [-0.15, -0.1) is 0 Å². The fourth-order valence-electron chi connectivity index (χ4n) is 4.71. The van der Waals surface area contributed by atoms with Gasteiger partial charge in [0.1, 0.15) is 0 Å². The molecule has 3 aliphatic rings. The maximum Gasteiger partial charge on any atom is 0.320 e. The van der Waals surface area contributed by atoms with Crippen LogP contribution in [-0.2, 0) is 6.42 Å². The second-order valence-corrected chi connectivity index (χ2v) is 9.03. The van der Waals surface area contributed by atoms with Crippen LogP contribution in [0.5, 0.6) is 0 Å². The highest BCUT2D eigenvalue weighted by Gasteiger charge is 2.44. The van der Waals surface area contributed by atoms with E-state index in [2.05, 4.69) is 39.3 Å². The third-order valence-corrected chi connectivity index (χ3v) is 6.77. The summed E-state index contributed by atoms with van der Waals surface area (Å²) in [5.41, 5.74) is 1.35. The molecule has 3 fully saturated rings. The summed E-state index contributed by atoms with van der Waals surface area (Å²) in [5.74, 6) is 3.19. The molecule has 154 valence electrons. The minimum atomic E-state index is 0.187. The number of rotatable bonds is 6. The average Bonchev–Trinajstić information content (AvgIpc) is 3.70. The number of hydrogen-bond acceptors (Lipinski definition) is 4. The van der Waals surface area contributed by atoms with E-state index in [1.807, 2.05) is 18.0 Å². The minimum Gasteiger partial charge on any atom is -0.339 e. The van der Waals surface area contributed by atoms with Crippen molar-refractivity contribution in [1.29, 1.82) is 0 Å². The fourth-order valence-corrected chi connectivity index (χ4v) is 4.71. The van der Waals surface area contributed by atoms with E-state index in [0.717, 1.165) is 50.5 Å². The molecule has 1 aromatic heterocycles. The molecule has 3 atom stereocenters. The van der Waals surface area contributed by atoms with Gasteiger partial charge in [0.05, 0.1) is 0 Å². The number of aryl methyl sites for hydroxylation is 1. The predicted octanol–water partition coefficient (Wildman–Crippen LogP) is 4.20.